The van der Waals surface area contributed by atoms with Gasteiger partial charge in [0.25, 0.3) is 5.91 Å². The lowest BCUT2D eigenvalue weighted by atomic mass is 10.0. The van der Waals surface area contributed by atoms with Crippen LogP contribution >= 0.6 is 0 Å². The lowest BCUT2D eigenvalue weighted by Gasteiger charge is -2.29. The molecule has 0 aliphatic carbocycles. The van der Waals surface area contributed by atoms with Gasteiger partial charge in [-0.3, -0.25) is 24.6 Å². The van der Waals surface area contributed by atoms with Crippen LogP contribution in [0.1, 0.15) is 40.7 Å². The van der Waals surface area contributed by atoms with Crippen molar-refractivity contribution >= 4 is 35.1 Å². The first kappa shape index (κ1) is 20.2. The number of hydrogen-bond donors (Lipinski definition) is 2. The smallest absolute Gasteiger partial charge is 0.322 e. The Balaban J connectivity index is 1.33. The summed E-state index contributed by atoms with van der Waals surface area (Å²) in [6.07, 6.45) is 2.05. The van der Waals surface area contributed by atoms with Gasteiger partial charge in [0.2, 0.25) is 11.8 Å². The van der Waals surface area contributed by atoms with Crippen LogP contribution in [0, 0.1) is 5.82 Å². The zero-order valence-corrected chi connectivity index (χ0v) is 17.2. The molecule has 0 aromatic heterocycles. The van der Waals surface area contributed by atoms with Gasteiger partial charge < -0.3 is 10.2 Å². The highest BCUT2D eigenvalue weighted by molar-refractivity contribution is 6.06. The molecule has 9 heteroatoms. The van der Waals surface area contributed by atoms with Gasteiger partial charge in [0.05, 0.1) is 5.69 Å². The number of anilines is 2. The van der Waals surface area contributed by atoms with E-state index in [1.165, 1.54) is 21.9 Å². The molecule has 0 radical (unpaired) electrons. The topological polar surface area (TPSA) is 98.8 Å². The Morgan fingerprint density at radius 1 is 1.06 bits per heavy atom. The maximum atomic E-state index is 13.7. The number of carbonyl (C=O) groups excluding carboxylic acids is 4. The summed E-state index contributed by atoms with van der Waals surface area (Å²) in [5.41, 5.74) is 3.16. The second kappa shape index (κ2) is 7.74. The molecule has 32 heavy (non-hydrogen) atoms. The van der Waals surface area contributed by atoms with Crippen molar-refractivity contribution in [2.24, 2.45) is 0 Å². The lowest BCUT2D eigenvalue weighted by Crippen LogP contribution is -2.52. The van der Waals surface area contributed by atoms with Crippen molar-refractivity contribution in [2.45, 2.75) is 38.3 Å². The van der Waals surface area contributed by atoms with E-state index >= 15 is 0 Å². The number of halogens is 1. The summed E-state index contributed by atoms with van der Waals surface area (Å²) < 4.78 is 13.7. The Morgan fingerprint density at radius 2 is 1.91 bits per heavy atom. The van der Waals surface area contributed by atoms with Crippen molar-refractivity contribution in [3.63, 3.8) is 0 Å². The highest BCUT2D eigenvalue weighted by Crippen LogP contribution is 2.31. The summed E-state index contributed by atoms with van der Waals surface area (Å²) >= 11 is 0. The molecule has 2 aromatic carbocycles. The van der Waals surface area contributed by atoms with Crippen LogP contribution in [0.25, 0.3) is 0 Å². The fourth-order valence-electron chi connectivity index (χ4n) is 4.60. The van der Waals surface area contributed by atoms with Gasteiger partial charge >= 0.3 is 6.03 Å². The van der Waals surface area contributed by atoms with Gasteiger partial charge in [-0.2, -0.15) is 0 Å². The van der Waals surface area contributed by atoms with Crippen LogP contribution in [0.3, 0.4) is 0 Å². The molecule has 2 aromatic rings. The van der Waals surface area contributed by atoms with Crippen LogP contribution in [-0.2, 0) is 22.6 Å². The van der Waals surface area contributed by atoms with Crippen LogP contribution in [0.5, 0.6) is 0 Å². The third-order valence-electron chi connectivity index (χ3n) is 6.19. The molecule has 164 valence electrons. The third kappa shape index (κ3) is 3.49. The van der Waals surface area contributed by atoms with Gasteiger partial charge in [-0.25, -0.2) is 9.18 Å². The molecule has 1 saturated heterocycles. The summed E-state index contributed by atoms with van der Waals surface area (Å²) in [7, 11) is 0. The maximum absolute atomic E-state index is 13.7. The average molecular weight is 436 g/mol. The Kier molecular flexibility index (Phi) is 4.88. The van der Waals surface area contributed by atoms with Gasteiger partial charge in [0, 0.05) is 30.8 Å². The Hall–Kier alpha value is -3.75. The van der Waals surface area contributed by atoms with Crippen LogP contribution in [0.4, 0.5) is 20.6 Å². The summed E-state index contributed by atoms with van der Waals surface area (Å²) in [5.74, 6) is -1.47. The number of nitrogens with one attached hydrogen (secondary N) is 2. The molecule has 1 fully saturated rings. The van der Waals surface area contributed by atoms with Crippen LogP contribution in [0.15, 0.2) is 36.4 Å². The minimum atomic E-state index is -0.689. The number of imide groups is 1. The van der Waals surface area contributed by atoms with Crippen LogP contribution in [-0.4, -0.2) is 41.2 Å². The number of nitrogens with zero attached hydrogens (tertiary/aromatic N) is 2. The summed E-state index contributed by atoms with van der Waals surface area (Å²) in [6.45, 7) is 0.705. The largest absolute Gasteiger partial charge is 0.326 e. The van der Waals surface area contributed by atoms with E-state index in [1.807, 2.05) is 0 Å². The minimum absolute atomic E-state index is 0.190. The molecule has 8 nitrogen and oxygen atoms in total. The summed E-state index contributed by atoms with van der Waals surface area (Å²) in [4.78, 5) is 52.3. The van der Waals surface area contributed by atoms with Crippen LogP contribution in [0.2, 0.25) is 0 Å². The normalized spacial score (nSPS) is 20.0. The number of fused-ring (bicyclic) bond motifs is 2. The van der Waals surface area contributed by atoms with Crippen molar-refractivity contribution in [3.8, 4) is 0 Å². The highest BCUT2D eigenvalue weighted by atomic mass is 19.1. The number of piperidine rings is 1. The standard InChI is InChI=1S/C23H21FN4O4/c24-15-4-3-13-2-1-9-27(19(13)11-15)23(32)25-16-5-6-17-14(10-16)12-28(22(17)31)18-7-8-20(29)26-21(18)30/h3-6,10-11,18H,1-2,7-9,12H2,(H,25,32)(H,26,29,30). The molecular formula is C23H21FN4O4. The van der Waals surface area contributed by atoms with Gasteiger partial charge in [0.1, 0.15) is 11.9 Å². The number of carbonyl (C=O) groups is 4. The Morgan fingerprint density at radius 3 is 2.72 bits per heavy atom. The van der Waals surface area contributed by atoms with E-state index < -0.39 is 17.8 Å². The first-order valence-electron chi connectivity index (χ1n) is 10.6. The number of aryl methyl sites for hydroxylation is 1. The number of hydrogen-bond acceptors (Lipinski definition) is 4. The number of rotatable bonds is 2. The zero-order valence-electron chi connectivity index (χ0n) is 17.2. The fraction of sp³-hybridized carbons (Fsp3) is 0.304. The van der Waals surface area contributed by atoms with E-state index in [2.05, 4.69) is 10.6 Å². The quantitative estimate of drug-likeness (QED) is 0.707. The Labute approximate surface area is 183 Å². The molecule has 1 atom stereocenters. The third-order valence-corrected chi connectivity index (χ3v) is 6.19. The van der Waals surface area contributed by atoms with Gasteiger partial charge in [0.15, 0.2) is 0 Å². The van der Waals surface area contributed by atoms with Crippen molar-refractivity contribution in [1.29, 1.82) is 0 Å². The predicted molar refractivity (Wildman–Crippen MR) is 114 cm³/mol. The Bertz CT molecular complexity index is 1160. The second-order valence-corrected chi connectivity index (χ2v) is 8.23. The predicted octanol–water partition coefficient (Wildman–Crippen LogP) is 2.57. The maximum Gasteiger partial charge on any atom is 0.326 e. The molecule has 3 aliphatic rings. The number of benzene rings is 2. The highest BCUT2D eigenvalue weighted by Gasteiger charge is 2.39. The summed E-state index contributed by atoms with van der Waals surface area (Å²) in [5, 5.41) is 5.11. The average Bonchev–Trinajstić information content (AvgIpc) is 3.08. The van der Waals surface area contributed by atoms with Gasteiger partial charge in [-0.05, 0) is 60.7 Å². The van der Waals surface area contributed by atoms with E-state index in [0.717, 1.165) is 18.4 Å². The molecule has 0 spiro atoms. The van der Waals surface area contributed by atoms with E-state index in [1.54, 1.807) is 24.3 Å². The van der Waals surface area contributed by atoms with E-state index in [9.17, 15) is 23.6 Å². The molecule has 5 amide bonds. The molecule has 2 N–H and O–H groups in total. The monoisotopic (exact) mass is 436 g/mol. The van der Waals surface area contributed by atoms with Crippen LogP contribution < -0.4 is 15.5 Å². The summed E-state index contributed by atoms with van der Waals surface area (Å²) in [6, 6.07) is 8.39. The van der Waals surface area contributed by atoms with Crippen molar-refractivity contribution in [1.82, 2.24) is 10.2 Å². The molecule has 1 unspecified atom stereocenters. The lowest BCUT2D eigenvalue weighted by molar-refractivity contribution is -0.136. The van der Waals surface area contributed by atoms with Gasteiger partial charge in [-0.1, -0.05) is 6.07 Å². The van der Waals surface area contributed by atoms with E-state index in [0.29, 0.717) is 35.5 Å². The van der Waals surface area contributed by atoms with E-state index in [-0.39, 0.29) is 30.8 Å². The number of urea groups is 1. The van der Waals surface area contributed by atoms with Crippen molar-refractivity contribution in [2.75, 3.05) is 16.8 Å². The molecule has 0 bridgehead atoms. The second-order valence-electron chi connectivity index (χ2n) is 8.23. The van der Waals surface area contributed by atoms with Crippen molar-refractivity contribution < 1.29 is 23.6 Å². The molecule has 3 heterocycles. The van der Waals surface area contributed by atoms with Gasteiger partial charge in [-0.15, -0.1) is 0 Å². The molecule has 0 saturated carbocycles. The number of amides is 5. The minimum Gasteiger partial charge on any atom is -0.322 e. The zero-order chi connectivity index (χ0) is 22.4. The molecule has 3 aliphatic heterocycles. The van der Waals surface area contributed by atoms with E-state index in [4.69, 9.17) is 0 Å². The molecule has 5 rings (SSSR count). The first-order valence-corrected chi connectivity index (χ1v) is 10.6. The van der Waals surface area contributed by atoms with Crippen molar-refractivity contribution in [3.05, 3.63) is 58.9 Å². The SMILES string of the molecule is O=C1CCC(N2Cc3cc(NC(=O)N4CCCc5ccc(F)cc54)ccc3C2=O)C(=O)N1. The fourth-order valence-corrected chi connectivity index (χ4v) is 4.60. The molecular weight excluding hydrogens is 415 g/mol. The first-order chi connectivity index (χ1) is 15.4.